The van der Waals surface area contributed by atoms with E-state index in [2.05, 4.69) is 67.8 Å². The quantitative estimate of drug-likeness (QED) is 0.0204. The van der Waals surface area contributed by atoms with Gasteiger partial charge in [0.05, 0.1) is 32.0 Å². The van der Waals surface area contributed by atoms with Gasteiger partial charge in [-0.1, -0.05) is 299 Å². The minimum Gasteiger partial charge on any atom is -0.394 e. The molecule has 520 valence electrons. The fourth-order valence-electron chi connectivity index (χ4n) is 12.0. The predicted molar refractivity (Wildman–Crippen MR) is 364 cm³/mol. The van der Waals surface area contributed by atoms with Crippen LogP contribution in [0.15, 0.2) is 60.8 Å². The average molecular weight is 1260 g/mol. The van der Waals surface area contributed by atoms with Gasteiger partial charge in [0, 0.05) is 6.42 Å². The van der Waals surface area contributed by atoms with Crippen LogP contribution in [0.1, 0.15) is 316 Å². The molecule has 2 fully saturated rings. The number of allylic oxidation sites excluding steroid dienone is 9. The summed E-state index contributed by atoms with van der Waals surface area (Å²) >= 11 is 0. The standard InChI is InChI=1S/C75H137NO13/c1-3-5-7-9-11-13-15-17-19-21-23-25-27-28-29-30-31-32-33-34-35-36-37-39-41-43-45-47-49-51-53-55-57-59-67(80)76-63(62-86-74-72(85)70(83)73(66(61-78)88-74)89-75-71(84)69(82)68(81)65(60-77)87-75)64(79)58-56-54-52-50-48-46-44-42-40-38-26-24-22-20-18-16-14-12-10-8-6-4-2/h15,17,21,23,27-28,48,50,56,58,63-66,68-75,77-79,81-85H,3-14,16,18-20,22,24-26,29-47,49,51-55,57,59-62H2,1-2H3,(H,76,80)/b17-15-,23-21-,28-27-,50-48+,58-56+. The third-order valence-electron chi connectivity index (χ3n) is 17.9. The molecule has 89 heavy (non-hydrogen) atoms. The van der Waals surface area contributed by atoms with Gasteiger partial charge in [-0.3, -0.25) is 4.79 Å². The maximum Gasteiger partial charge on any atom is 0.220 e. The van der Waals surface area contributed by atoms with Crippen molar-refractivity contribution in [2.75, 3.05) is 19.8 Å². The van der Waals surface area contributed by atoms with E-state index in [0.29, 0.717) is 12.8 Å². The molecule has 9 N–H and O–H groups in total. The second-order valence-electron chi connectivity index (χ2n) is 26.1. The molecule has 2 heterocycles. The van der Waals surface area contributed by atoms with E-state index >= 15 is 0 Å². The summed E-state index contributed by atoms with van der Waals surface area (Å²) in [5.74, 6) is -0.245. The van der Waals surface area contributed by atoms with E-state index < -0.39 is 86.8 Å². The highest BCUT2D eigenvalue weighted by Gasteiger charge is 2.51. The second kappa shape index (κ2) is 59.4. The number of aliphatic hydroxyl groups is 8. The van der Waals surface area contributed by atoms with Gasteiger partial charge in [-0.05, 0) is 70.6 Å². The first kappa shape index (κ1) is 82.8. The molecule has 2 aliphatic heterocycles. The van der Waals surface area contributed by atoms with E-state index in [0.717, 1.165) is 44.9 Å². The summed E-state index contributed by atoms with van der Waals surface area (Å²) in [5, 5.41) is 87.5. The molecular weight excluding hydrogens is 1120 g/mol. The zero-order valence-corrected chi connectivity index (χ0v) is 56.7. The lowest BCUT2D eigenvalue weighted by Gasteiger charge is -2.46. The monoisotopic (exact) mass is 1260 g/mol. The third kappa shape index (κ3) is 43.3. The first-order chi connectivity index (χ1) is 43.6. The highest BCUT2D eigenvalue weighted by atomic mass is 16.7. The molecule has 14 heteroatoms. The van der Waals surface area contributed by atoms with Gasteiger partial charge in [-0.15, -0.1) is 0 Å². The van der Waals surface area contributed by atoms with E-state index in [4.69, 9.17) is 18.9 Å². The van der Waals surface area contributed by atoms with Crippen LogP contribution in [-0.2, 0) is 23.7 Å². The summed E-state index contributed by atoms with van der Waals surface area (Å²) in [7, 11) is 0. The van der Waals surface area contributed by atoms with Crippen molar-refractivity contribution in [2.45, 2.75) is 389 Å². The fraction of sp³-hybridized carbons (Fsp3) is 0.853. The van der Waals surface area contributed by atoms with Crippen molar-refractivity contribution < 1.29 is 64.6 Å². The molecule has 12 atom stereocenters. The highest BCUT2D eigenvalue weighted by Crippen LogP contribution is 2.30. The molecule has 2 aliphatic rings. The van der Waals surface area contributed by atoms with E-state index in [1.165, 1.54) is 238 Å². The molecule has 0 aromatic rings. The highest BCUT2D eigenvalue weighted by molar-refractivity contribution is 5.76. The molecule has 0 radical (unpaired) electrons. The number of hydrogen-bond acceptors (Lipinski definition) is 13. The maximum absolute atomic E-state index is 13.3. The Morgan fingerprint density at radius 1 is 0.404 bits per heavy atom. The van der Waals surface area contributed by atoms with Crippen LogP contribution in [0.3, 0.4) is 0 Å². The zero-order chi connectivity index (χ0) is 64.5. The Labute approximate surface area is 543 Å². The Bertz CT molecular complexity index is 1720. The predicted octanol–water partition coefficient (Wildman–Crippen LogP) is 15.6. The Morgan fingerprint density at radius 2 is 0.753 bits per heavy atom. The number of carbonyl (C=O) groups excluding carboxylic acids is 1. The topological polar surface area (TPSA) is 228 Å². The number of carbonyl (C=O) groups is 1. The van der Waals surface area contributed by atoms with Gasteiger partial charge in [-0.25, -0.2) is 0 Å². The summed E-state index contributed by atoms with van der Waals surface area (Å²) < 4.78 is 22.9. The molecule has 14 nitrogen and oxygen atoms in total. The summed E-state index contributed by atoms with van der Waals surface area (Å²) in [6, 6.07) is -0.934. The Morgan fingerprint density at radius 3 is 1.18 bits per heavy atom. The number of nitrogens with one attached hydrogen (secondary N) is 1. The molecule has 2 saturated heterocycles. The first-order valence-electron chi connectivity index (χ1n) is 37.0. The van der Waals surface area contributed by atoms with Crippen molar-refractivity contribution in [3.63, 3.8) is 0 Å². The molecule has 0 saturated carbocycles. The van der Waals surface area contributed by atoms with Crippen molar-refractivity contribution >= 4 is 5.91 Å². The van der Waals surface area contributed by atoms with Crippen LogP contribution < -0.4 is 5.32 Å². The number of ether oxygens (including phenoxy) is 4. The Balaban J connectivity index is 1.65. The summed E-state index contributed by atoms with van der Waals surface area (Å²) in [6.07, 6.45) is 62.9. The molecule has 0 bridgehead atoms. The molecule has 0 aromatic carbocycles. The van der Waals surface area contributed by atoms with Gasteiger partial charge < -0.3 is 65.1 Å². The van der Waals surface area contributed by atoms with E-state index in [1.54, 1.807) is 6.08 Å². The minimum atomic E-state index is -1.79. The minimum absolute atomic E-state index is 0.245. The fourth-order valence-corrected chi connectivity index (χ4v) is 12.0. The smallest absolute Gasteiger partial charge is 0.220 e. The largest absolute Gasteiger partial charge is 0.394 e. The van der Waals surface area contributed by atoms with Crippen molar-refractivity contribution in [3.8, 4) is 0 Å². The van der Waals surface area contributed by atoms with Crippen LogP contribution >= 0.6 is 0 Å². The molecule has 1 amide bonds. The van der Waals surface area contributed by atoms with Crippen LogP contribution in [-0.4, -0.2) is 140 Å². The molecule has 0 spiro atoms. The zero-order valence-electron chi connectivity index (χ0n) is 56.7. The summed E-state index contributed by atoms with van der Waals surface area (Å²) in [4.78, 5) is 13.3. The molecule has 2 rings (SSSR count). The number of amides is 1. The third-order valence-corrected chi connectivity index (χ3v) is 17.9. The van der Waals surface area contributed by atoms with Crippen LogP contribution in [0.2, 0.25) is 0 Å². The van der Waals surface area contributed by atoms with Gasteiger partial charge in [-0.2, -0.15) is 0 Å². The molecule has 12 unspecified atom stereocenters. The number of rotatable bonds is 61. The SMILES string of the molecule is CCCCCCC/C=C\C/C=C\C/C=C\CCCCCCCCCCCCCCCCCCCCC(=O)NC(COC1OC(CO)C(OC2OC(CO)C(O)C(O)C2O)C(O)C1O)C(O)/C=C/CC/C=C/CCCCCCCCCCCCCCCCCC. The van der Waals surface area contributed by atoms with Crippen molar-refractivity contribution in [1.29, 1.82) is 0 Å². The van der Waals surface area contributed by atoms with Crippen LogP contribution in [0.5, 0.6) is 0 Å². The molecular formula is C75H137NO13. The summed E-state index contributed by atoms with van der Waals surface area (Å²) in [6.45, 7) is 2.81. The Kier molecular flexibility index (Phi) is 55.3. The van der Waals surface area contributed by atoms with Crippen LogP contribution in [0.25, 0.3) is 0 Å². The number of unbranched alkanes of at least 4 members (excludes halogenated alkanes) is 40. The normalized spacial score (nSPS) is 23.3. The van der Waals surface area contributed by atoms with E-state index in [1.807, 2.05) is 6.08 Å². The first-order valence-corrected chi connectivity index (χ1v) is 37.0. The second-order valence-corrected chi connectivity index (χ2v) is 26.1. The van der Waals surface area contributed by atoms with Crippen molar-refractivity contribution in [3.05, 3.63) is 60.8 Å². The summed E-state index contributed by atoms with van der Waals surface area (Å²) in [5.41, 5.74) is 0. The lowest BCUT2D eigenvalue weighted by Crippen LogP contribution is -2.65. The van der Waals surface area contributed by atoms with Crippen LogP contribution in [0, 0.1) is 0 Å². The van der Waals surface area contributed by atoms with E-state index in [-0.39, 0.29) is 18.9 Å². The van der Waals surface area contributed by atoms with Crippen LogP contribution in [0.4, 0.5) is 0 Å². The van der Waals surface area contributed by atoms with Gasteiger partial charge in [0.15, 0.2) is 12.6 Å². The molecule has 0 aliphatic carbocycles. The van der Waals surface area contributed by atoms with Gasteiger partial charge in [0.25, 0.3) is 0 Å². The van der Waals surface area contributed by atoms with Gasteiger partial charge in [0.2, 0.25) is 5.91 Å². The maximum atomic E-state index is 13.3. The van der Waals surface area contributed by atoms with Gasteiger partial charge >= 0.3 is 0 Å². The van der Waals surface area contributed by atoms with E-state index in [9.17, 15) is 45.6 Å². The number of hydrogen-bond donors (Lipinski definition) is 9. The average Bonchev–Trinajstić information content (AvgIpc) is 2.75. The lowest BCUT2D eigenvalue weighted by molar-refractivity contribution is -0.359. The van der Waals surface area contributed by atoms with Crippen molar-refractivity contribution in [1.82, 2.24) is 5.32 Å². The number of aliphatic hydroxyl groups excluding tert-OH is 8. The van der Waals surface area contributed by atoms with Crippen molar-refractivity contribution in [2.24, 2.45) is 0 Å². The van der Waals surface area contributed by atoms with Gasteiger partial charge in [0.1, 0.15) is 48.8 Å². The lowest BCUT2D eigenvalue weighted by atomic mass is 9.97. The molecule has 0 aromatic heterocycles. The Hall–Kier alpha value is -2.31.